The van der Waals surface area contributed by atoms with E-state index in [4.69, 9.17) is 0 Å². The van der Waals surface area contributed by atoms with Gasteiger partial charge < -0.3 is 0 Å². The van der Waals surface area contributed by atoms with Crippen molar-refractivity contribution in [2.45, 2.75) is 12.6 Å². The summed E-state index contributed by atoms with van der Waals surface area (Å²) in [7, 11) is 0. The fourth-order valence-electron chi connectivity index (χ4n) is 3.01. The Bertz CT molecular complexity index is 311. The van der Waals surface area contributed by atoms with Crippen LogP contribution in [-0.2, 0) is 0 Å². The molecule has 0 N–H and O–H groups in total. The summed E-state index contributed by atoms with van der Waals surface area (Å²) in [4.78, 5) is 0. The summed E-state index contributed by atoms with van der Waals surface area (Å²) in [5.41, 5.74) is -0.269. The van der Waals surface area contributed by atoms with Crippen molar-refractivity contribution < 1.29 is 13.2 Å². The molecule has 0 aromatic heterocycles. The van der Waals surface area contributed by atoms with Crippen molar-refractivity contribution in [3.05, 3.63) is 23.8 Å². The lowest BCUT2D eigenvalue weighted by molar-refractivity contribution is -0.108. The normalized spacial score (nSPS) is 45.9. The second-order valence-corrected chi connectivity index (χ2v) is 4.17. The highest BCUT2D eigenvalue weighted by atomic mass is 19.4. The summed E-state index contributed by atoms with van der Waals surface area (Å²) in [5, 5.41) is 0. The molecule has 1 fully saturated rings. The Hall–Kier alpha value is -0.730. The fourth-order valence-corrected chi connectivity index (χ4v) is 3.01. The molecule has 4 atom stereocenters. The second-order valence-electron chi connectivity index (χ2n) is 4.17. The summed E-state index contributed by atoms with van der Waals surface area (Å²) in [6.45, 7) is 0. The van der Waals surface area contributed by atoms with Gasteiger partial charge in [-0.15, -0.1) is 0 Å². The number of hydrogen-bond donors (Lipinski definition) is 0. The average molecular weight is 186 g/mol. The summed E-state index contributed by atoms with van der Waals surface area (Å²) >= 11 is 0. The third-order valence-electron chi connectivity index (χ3n) is 3.58. The Morgan fingerprint density at radius 1 is 1.15 bits per heavy atom. The maximum Gasteiger partial charge on any atom is 0.412 e. The highest BCUT2D eigenvalue weighted by Gasteiger charge is 2.57. The Morgan fingerprint density at radius 2 is 1.85 bits per heavy atom. The van der Waals surface area contributed by atoms with Gasteiger partial charge in [-0.25, -0.2) is 0 Å². The molecule has 0 spiro atoms. The van der Waals surface area contributed by atoms with E-state index in [-0.39, 0.29) is 23.3 Å². The van der Waals surface area contributed by atoms with Crippen LogP contribution in [0.3, 0.4) is 0 Å². The van der Waals surface area contributed by atoms with E-state index in [0.717, 1.165) is 6.42 Å². The van der Waals surface area contributed by atoms with E-state index < -0.39 is 6.18 Å². The van der Waals surface area contributed by atoms with Crippen molar-refractivity contribution in [3.8, 4) is 0 Å². The van der Waals surface area contributed by atoms with Gasteiger partial charge >= 0.3 is 6.18 Å². The van der Waals surface area contributed by atoms with Gasteiger partial charge in [0.2, 0.25) is 0 Å². The number of alkyl halides is 3. The van der Waals surface area contributed by atoms with Crippen LogP contribution in [0.4, 0.5) is 13.2 Å². The molecule has 3 heteroatoms. The quantitative estimate of drug-likeness (QED) is 0.510. The van der Waals surface area contributed by atoms with Crippen LogP contribution >= 0.6 is 0 Å². The van der Waals surface area contributed by atoms with Crippen LogP contribution in [-0.4, -0.2) is 6.18 Å². The third kappa shape index (κ3) is 0.825. The van der Waals surface area contributed by atoms with Gasteiger partial charge in [0.05, 0.1) is 0 Å². The number of halogens is 3. The molecule has 0 aliphatic heterocycles. The van der Waals surface area contributed by atoms with Crippen molar-refractivity contribution in [2.75, 3.05) is 0 Å². The SMILES string of the molecule is FC(F)(F)C1=CC2C3C=CC(C3)C12. The Morgan fingerprint density at radius 3 is 2.46 bits per heavy atom. The predicted molar refractivity (Wildman–Crippen MR) is 41.9 cm³/mol. The number of fused-ring (bicyclic) bond motifs is 5. The number of hydrogen-bond acceptors (Lipinski definition) is 0. The molecule has 3 aliphatic carbocycles. The van der Waals surface area contributed by atoms with Crippen LogP contribution in [0.5, 0.6) is 0 Å². The van der Waals surface area contributed by atoms with Crippen molar-refractivity contribution in [3.63, 3.8) is 0 Å². The molecular formula is C10H9F3. The molecule has 3 rings (SSSR count). The average Bonchev–Trinajstić information content (AvgIpc) is 2.37. The summed E-state index contributed by atoms with van der Waals surface area (Å²) < 4.78 is 37.1. The minimum absolute atomic E-state index is 0.177. The van der Waals surface area contributed by atoms with E-state index in [2.05, 4.69) is 6.08 Å². The van der Waals surface area contributed by atoms with Crippen LogP contribution in [0.15, 0.2) is 23.8 Å². The van der Waals surface area contributed by atoms with Crippen molar-refractivity contribution >= 4 is 0 Å². The molecule has 0 nitrogen and oxygen atoms in total. The highest BCUT2D eigenvalue weighted by molar-refractivity contribution is 5.37. The lowest BCUT2D eigenvalue weighted by Gasteiger charge is -2.37. The minimum Gasteiger partial charge on any atom is -0.166 e. The molecule has 0 heterocycles. The van der Waals surface area contributed by atoms with E-state index >= 15 is 0 Å². The lowest BCUT2D eigenvalue weighted by atomic mass is 9.68. The zero-order chi connectivity index (χ0) is 9.22. The van der Waals surface area contributed by atoms with Crippen LogP contribution < -0.4 is 0 Å². The van der Waals surface area contributed by atoms with Gasteiger partial charge in [0, 0.05) is 11.5 Å². The Balaban J connectivity index is 1.92. The maximum atomic E-state index is 12.4. The number of rotatable bonds is 0. The monoisotopic (exact) mass is 186 g/mol. The zero-order valence-corrected chi connectivity index (χ0v) is 6.88. The van der Waals surface area contributed by atoms with Crippen LogP contribution in [0.2, 0.25) is 0 Å². The van der Waals surface area contributed by atoms with Crippen LogP contribution in [0.25, 0.3) is 0 Å². The topological polar surface area (TPSA) is 0 Å². The standard InChI is InChI=1S/C10H9F3/c11-10(12,13)8-4-7-5-1-2-6(3-5)9(7)8/h1-2,4-7,9H,3H2. The fraction of sp³-hybridized carbons (Fsp3) is 0.600. The Kier molecular flexibility index (Phi) is 1.19. The van der Waals surface area contributed by atoms with Crippen LogP contribution in [0, 0.1) is 23.7 Å². The molecule has 0 radical (unpaired) electrons. The molecular weight excluding hydrogens is 177 g/mol. The van der Waals surface area contributed by atoms with Gasteiger partial charge in [-0.2, -0.15) is 13.2 Å². The maximum absolute atomic E-state index is 12.4. The van der Waals surface area contributed by atoms with Gasteiger partial charge in [0.1, 0.15) is 0 Å². The third-order valence-corrected chi connectivity index (χ3v) is 3.58. The number of allylic oxidation sites excluding steroid dienone is 4. The Labute approximate surface area is 74.1 Å². The predicted octanol–water partition coefficient (Wildman–Crippen LogP) is 2.93. The van der Waals surface area contributed by atoms with Crippen LogP contribution in [0.1, 0.15) is 6.42 Å². The minimum atomic E-state index is -4.08. The second kappa shape index (κ2) is 2.02. The van der Waals surface area contributed by atoms with Gasteiger partial charge in [0.15, 0.2) is 0 Å². The molecule has 3 aliphatic rings. The van der Waals surface area contributed by atoms with E-state index in [1.807, 2.05) is 6.08 Å². The molecule has 13 heavy (non-hydrogen) atoms. The first-order valence-electron chi connectivity index (χ1n) is 4.54. The molecule has 1 saturated carbocycles. The van der Waals surface area contributed by atoms with Gasteiger partial charge in [-0.3, -0.25) is 0 Å². The van der Waals surface area contributed by atoms with E-state index in [1.165, 1.54) is 6.08 Å². The van der Waals surface area contributed by atoms with E-state index in [9.17, 15) is 13.2 Å². The van der Waals surface area contributed by atoms with Crippen molar-refractivity contribution in [1.29, 1.82) is 0 Å². The molecule has 70 valence electrons. The van der Waals surface area contributed by atoms with Crippen molar-refractivity contribution in [2.24, 2.45) is 23.7 Å². The molecule has 0 aromatic rings. The summed E-state index contributed by atoms with van der Waals surface area (Å²) in [6.07, 6.45) is 2.32. The lowest BCUT2D eigenvalue weighted by Crippen LogP contribution is -2.36. The molecule has 4 unspecified atom stereocenters. The first kappa shape index (κ1) is 7.65. The van der Waals surface area contributed by atoms with Gasteiger partial charge in [-0.1, -0.05) is 18.2 Å². The summed E-state index contributed by atoms with van der Waals surface area (Å²) in [5.74, 6) is 0.583. The van der Waals surface area contributed by atoms with Crippen molar-refractivity contribution in [1.82, 2.24) is 0 Å². The smallest absolute Gasteiger partial charge is 0.166 e. The molecule has 0 aromatic carbocycles. The first-order valence-corrected chi connectivity index (χ1v) is 4.54. The first-order chi connectivity index (χ1) is 6.07. The highest BCUT2D eigenvalue weighted by Crippen LogP contribution is 2.60. The van der Waals surface area contributed by atoms with E-state index in [0.29, 0.717) is 5.92 Å². The van der Waals surface area contributed by atoms with Gasteiger partial charge in [0.25, 0.3) is 0 Å². The molecule has 0 saturated heterocycles. The van der Waals surface area contributed by atoms with Gasteiger partial charge in [-0.05, 0) is 24.2 Å². The van der Waals surface area contributed by atoms with E-state index in [1.54, 1.807) is 0 Å². The zero-order valence-electron chi connectivity index (χ0n) is 6.88. The largest absolute Gasteiger partial charge is 0.412 e. The molecule has 0 amide bonds. The summed E-state index contributed by atoms with van der Waals surface area (Å²) in [6, 6.07) is 0. The molecule has 2 bridgehead atoms.